The van der Waals surface area contributed by atoms with E-state index in [0.29, 0.717) is 37.7 Å². The van der Waals surface area contributed by atoms with Crippen LogP contribution in [-0.2, 0) is 20.0 Å². The summed E-state index contributed by atoms with van der Waals surface area (Å²) in [6.07, 6.45) is -1.17. The van der Waals surface area contributed by atoms with Crippen LogP contribution in [0.1, 0.15) is 64.3 Å². The summed E-state index contributed by atoms with van der Waals surface area (Å²) in [5.41, 5.74) is -0.566. The Kier molecular flexibility index (Phi) is 6.28. The number of nitriles is 1. The van der Waals surface area contributed by atoms with Crippen molar-refractivity contribution in [2.24, 2.45) is 0 Å². The van der Waals surface area contributed by atoms with Crippen molar-refractivity contribution in [3.05, 3.63) is 29.2 Å². The lowest BCUT2D eigenvalue weighted by Crippen LogP contribution is -2.66. The quantitative estimate of drug-likeness (QED) is 0.549. The second-order valence-corrected chi connectivity index (χ2v) is 13.9. The second kappa shape index (κ2) is 9.04. The highest BCUT2D eigenvalue weighted by Crippen LogP contribution is 2.47. The van der Waals surface area contributed by atoms with Crippen LogP contribution >= 0.6 is 0 Å². The van der Waals surface area contributed by atoms with Crippen LogP contribution in [0.5, 0.6) is 0 Å². The molecule has 2 saturated heterocycles. The van der Waals surface area contributed by atoms with E-state index in [1.54, 1.807) is 15.9 Å². The van der Waals surface area contributed by atoms with Gasteiger partial charge in [-0.3, -0.25) is 4.79 Å². The molecule has 0 saturated carbocycles. The third kappa shape index (κ3) is 4.09. The van der Waals surface area contributed by atoms with Gasteiger partial charge in [0, 0.05) is 48.8 Å². The number of halogens is 2. The lowest BCUT2D eigenvalue weighted by Gasteiger charge is -2.49. The smallest absolute Gasteiger partial charge is 0.283 e. The van der Waals surface area contributed by atoms with E-state index in [0.717, 1.165) is 5.56 Å². The Labute approximate surface area is 225 Å². The molecule has 1 unspecified atom stereocenters. The molecule has 5 heterocycles. The molecule has 0 radical (unpaired) electrons. The molecule has 5 rings (SSSR count). The molecule has 1 amide bonds. The number of rotatable bonds is 4. The molecule has 0 N–H and O–H groups in total. The molecule has 3 aliphatic rings. The number of piperazine rings is 1. The molecule has 3 aliphatic heterocycles. The minimum absolute atomic E-state index is 0.0307. The van der Waals surface area contributed by atoms with Crippen LogP contribution in [0, 0.1) is 11.3 Å². The number of aromatic nitrogens is 4. The maximum Gasteiger partial charge on any atom is 0.283 e. The molecule has 0 aliphatic carbocycles. The molecule has 3 atom stereocenters. The lowest BCUT2D eigenvalue weighted by atomic mass is 9.87. The van der Waals surface area contributed by atoms with E-state index >= 15 is 0 Å². The topological polar surface area (TPSA) is 136 Å². The van der Waals surface area contributed by atoms with Crippen LogP contribution < -0.4 is 9.80 Å². The fraction of sp³-hybridized carbons (Fsp3) is 0.600. The molecule has 0 spiro atoms. The fourth-order valence-corrected chi connectivity index (χ4v) is 7.26. The van der Waals surface area contributed by atoms with E-state index in [-0.39, 0.29) is 35.1 Å². The highest BCUT2D eigenvalue weighted by molar-refractivity contribution is 7.95. The van der Waals surface area contributed by atoms with E-state index in [2.05, 4.69) is 25.1 Å². The fourth-order valence-electron chi connectivity index (χ4n) is 5.73. The minimum atomic E-state index is -3.45. The summed E-state index contributed by atoms with van der Waals surface area (Å²) >= 11 is 0. The van der Waals surface area contributed by atoms with E-state index in [9.17, 15) is 27.3 Å². The Hall–Kier alpha value is -3.47. The van der Waals surface area contributed by atoms with E-state index < -0.39 is 32.1 Å². The van der Waals surface area contributed by atoms with Crippen molar-refractivity contribution in [1.29, 1.82) is 5.26 Å². The molecule has 0 aromatic carbocycles. The number of hydrogen-bond acceptors (Lipinski definition) is 10. The first-order valence-electron chi connectivity index (χ1n) is 12.7. The standard InChI is InChI=1S/C25H30F2N8O3S/c1-14-11-34(23(36)25(5)6-7-39(25,37)38)15(2)10-33(14)21-18-22(30-13-29-21)35(12-24(18,3)4)17-8-16(9-28)19(20(26)27)32-31-17/h8,13-15,20H,6-7,10-12H2,1-5H3/t14-,15+,25?/m0/s1. The van der Waals surface area contributed by atoms with Crippen molar-refractivity contribution < 1.29 is 22.0 Å². The monoisotopic (exact) mass is 560 g/mol. The van der Waals surface area contributed by atoms with Crippen molar-refractivity contribution in [1.82, 2.24) is 25.1 Å². The van der Waals surface area contributed by atoms with Gasteiger partial charge in [-0.15, -0.1) is 10.2 Å². The summed E-state index contributed by atoms with van der Waals surface area (Å²) < 4.78 is 50.0. The Balaban J connectivity index is 1.48. The number of alkyl halides is 2. The zero-order valence-corrected chi connectivity index (χ0v) is 23.2. The largest absolute Gasteiger partial charge is 0.350 e. The third-order valence-electron chi connectivity index (χ3n) is 8.21. The number of carbonyl (C=O) groups excluding carboxylic acids is 1. The van der Waals surface area contributed by atoms with E-state index in [1.165, 1.54) is 19.3 Å². The molecular weight excluding hydrogens is 530 g/mol. The summed E-state index contributed by atoms with van der Waals surface area (Å²) in [7, 11) is -3.45. The summed E-state index contributed by atoms with van der Waals surface area (Å²) in [5.74, 6) is 1.13. The van der Waals surface area contributed by atoms with Gasteiger partial charge >= 0.3 is 0 Å². The van der Waals surface area contributed by atoms with E-state index in [4.69, 9.17) is 0 Å². The van der Waals surface area contributed by atoms with Crippen LogP contribution in [0.2, 0.25) is 0 Å². The average Bonchev–Trinajstić information content (AvgIpc) is 3.18. The molecule has 208 valence electrons. The molecule has 39 heavy (non-hydrogen) atoms. The predicted octanol–water partition coefficient (Wildman–Crippen LogP) is 2.51. The number of fused-ring (bicyclic) bond motifs is 1. The SMILES string of the molecule is C[C@@H]1CN(c2ncnc3c2C(C)(C)CN3c2cc(C#N)c(C(F)F)nn2)[C@@H](C)CN1C(=O)C1(C)CCS1(=O)=O. The van der Waals surface area contributed by atoms with Crippen molar-refractivity contribution in [3.8, 4) is 6.07 Å². The zero-order chi connectivity index (χ0) is 28.5. The Bertz CT molecular complexity index is 1490. The third-order valence-corrected chi connectivity index (χ3v) is 10.7. The van der Waals surface area contributed by atoms with Crippen LogP contribution in [-0.4, -0.2) is 81.6 Å². The maximum atomic E-state index is 13.3. The molecule has 2 aromatic rings. The molecule has 2 fully saturated rings. The Morgan fingerprint density at radius 3 is 2.41 bits per heavy atom. The Morgan fingerprint density at radius 1 is 1.13 bits per heavy atom. The minimum Gasteiger partial charge on any atom is -0.350 e. The summed E-state index contributed by atoms with van der Waals surface area (Å²) in [5, 5.41) is 17.0. The van der Waals surface area contributed by atoms with Gasteiger partial charge in [-0.05, 0) is 27.2 Å². The Morgan fingerprint density at radius 2 is 1.82 bits per heavy atom. The lowest BCUT2D eigenvalue weighted by molar-refractivity contribution is -0.137. The average molecular weight is 561 g/mol. The van der Waals surface area contributed by atoms with Crippen LogP contribution in [0.4, 0.5) is 26.2 Å². The van der Waals surface area contributed by atoms with Gasteiger partial charge < -0.3 is 14.7 Å². The number of nitrogens with zero attached hydrogens (tertiary/aromatic N) is 8. The van der Waals surface area contributed by atoms with Gasteiger partial charge in [0.25, 0.3) is 6.43 Å². The van der Waals surface area contributed by atoms with Gasteiger partial charge in [0.2, 0.25) is 5.91 Å². The van der Waals surface area contributed by atoms with Crippen LogP contribution in [0.3, 0.4) is 0 Å². The van der Waals surface area contributed by atoms with Gasteiger partial charge in [-0.25, -0.2) is 27.2 Å². The first kappa shape index (κ1) is 27.1. The van der Waals surface area contributed by atoms with Gasteiger partial charge in [-0.2, -0.15) is 5.26 Å². The predicted molar refractivity (Wildman–Crippen MR) is 139 cm³/mol. The normalized spacial score (nSPS) is 27.2. The van der Waals surface area contributed by atoms with Gasteiger partial charge in [0.15, 0.2) is 15.7 Å². The second-order valence-electron chi connectivity index (χ2n) is 11.4. The number of carbonyl (C=O) groups is 1. The molecule has 0 bridgehead atoms. The zero-order valence-electron chi connectivity index (χ0n) is 22.4. The number of hydrogen-bond donors (Lipinski definition) is 0. The van der Waals surface area contributed by atoms with Gasteiger partial charge in [-0.1, -0.05) is 13.8 Å². The van der Waals surface area contributed by atoms with Gasteiger partial charge in [0.1, 0.15) is 34.5 Å². The molecule has 11 nitrogen and oxygen atoms in total. The summed E-state index contributed by atoms with van der Waals surface area (Å²) in [4.78, 5) is 28.0. The number of anilines is 3. The number of amides is 1. The highest BCUT2D eigenvalue weighted by Gasteiger charge is 2.57. The first-order chi connectivity index (χ1) is 18.2. The molecule has 2 aromatic heterocycles. The first-order valence-corrected chi connectivity index (χ1v) is 14.4. The summed E-state index contributed by atoms with van der Waals surface area (Å²) in [6, 6.07) is 2.64. The van der Waals surface area contributed by atoms with Crippen LogP contribution in [0.25, 0.3) is 0 Å². The highest BCUT2D eigenvalue weighted by atomic mass is 32.2. The van der Waals surface area contributed by atoms with Crippen molar-refractivity contribution in [2.45, 2.75) is 69.7 Å². The van der Waals surface area contributed by atoms with Gasteiger partial charge in [0.05, 0.1) is 11.3 Å². The van der Waals surface area contributed by atoms with E-state index in [1.807, 2.05) is 27.7 Å². The van der Waals surface area contributed by atoms with Crippen LogP contribution in [0.15, 0.2) is 12.4 Å². The maximum absolute atomic E-state index is 13.3. The van der Waals surface area contributed by atoms with Crippen molar-refractivity contribution in [2.75, 3.05) is 35.2 Å². The molecular formula is C25H30F2N8O3S. The number of sulfone groups is 1. The van der Waals surface area contributed by atoms with Crippen molar-refractivity contribution in [3.63, 3.8) is 0 Å². The summed E-state index contributed by atoms with van der Waals surface area (Å²) in [6.45, 7) is 10.6. The molecule has 14 heteroatoms. The van der Waals surface area contributed by atoms with Crippen molar-refractivity contribution >= 4 is 33.2 Å².